The van der Waals surface area contributed by atoms with Crippen LogP contribution in [-0.4, -0.2) is 41.1 Å². The molecule has 33 heavy (non-hydrogen) atoms. The van der Waals surface area contributed by atoms with Crippen molar-refractivity contribution in [3.8, 4) is 11.3 Å². The molecule has 1 aromatic heterocycles. The number of benzene rings is 2. The lowest BCUT2D eigenvalue weighted by Crippen LogP contribution is -2.33. The molecular formula is C24H27FN2O5S. The van der Waals surface area contributed by atoms with Crippen molar-refractivity contribution >= 4 is 16.1 Å². The lowest BCUT2D eigenvalue weighted by Gasteiger charge is -2.24. The first kappa shape index (κ1) is 24.5. The first-order valence-corrected chi connectivity index (χ1v) is 11.7. The van der Waals surface area contributed by atoms with E-state index in [1.54, 1.807) is 32.9 Å². The van der Waals surface area contributed by atoms with Crippen LogP contribution < -0.4 is 0 Å². The van der Waals surface area contributed by atoms with E-state index in [0.29, 0.717) is 11.1 Å². The molecule has 0 aliphatic carbocycles. The SMILES string of the molecule is CN(Cc1cc(-c2ccccc2F)n(S(=O)(=O)c2cccc(CO)c2)c1)C(=O)OC(C)(C)C. The molecule has 0 unspecified atom stereocenters. The molecule has 2 aromatic carbocycles. The molecule has 0 atom stereocenters. The Morgan fingerprint density at radius 1 is 1.09 bits per heavy atom. The third kappa shape index (κ3) is 5.61. The molecule has 7 nitrogen and oxygen atoms in total. The molecule has 0 aliphatic heterocycles. The second-order valence-electron chi connectivity index (χ2n) is 8.66. The summed E-state index contributed by atoms with van der Waals surface area (Å²) in [6.45, 7) is 4.98. The molecule has 1 heterocycles. The number of hydrogen-bond donors (Lipinski definition) is 1. The fourth-order valence-corrected chi connectivity index (χ4v) is 4.71. The standard InChI is InChI=1S/C24H27FN2O5S/c1-24(2,3)32-23(29)26(4)14-18-13-22(20-10-5-6-11-21(20)25)27(15-18)33(30,31)19-9-7-8-17(12-19)16-28/h5-13,15,28H,14,16H2,1-4H3. The zero-order chi connectivity index (χ0) is 24.4. The summed E-state index contributed by atoms with van der Waals surface area (Å²) >= 11 is 0. The maximum absolute atomic E-state index is 14.6. The number of aromatic nitrogens is 1. The van der Waals surface area contributed by atoms with Crippen LogP contribution >= 0.6 is 0 Å². The Bertz CT molecular complexity index is 1260. The van der Waals surface area contributed by atoms with Crippen molar-refractivity contribution in [3.63, 3.8) is 0 Å². The predicted molar refractivity (Wildman–Crippen MR) is 122 cm³/mol. The topological polar surface area (TPSA) is 88.8 Å². The summed E-state index contributed by atoms with van der Waals surface area (Å²) in [4.78, 5) is 13.6. The van der Waals surface area contributed by atoms with E-state index in [1.807, 2.05) is 0 Å². The normalized spacial score (nSPS) is 11.9. The van der Waals surface area contributed by atoms with Gasteiger partial charge >= 0.3 is 6.09 Å². The maximum atomic E-state index is 14.6. The minimum Gasteiger partial charge on any atom is -0.444 e. The number of nitrogens with zero attached hydrogens (tertiary/aromatic N) is 2. The highest BCUT2D eigenvalue weighted by molar-refractivity contribution is 7.90. The number of amides is 1. The van der Waals surface area contributed by atoms with Gasteiger partial charge in [-0.05, 0) is 62.2 Å². The third-order valence-electron chi connectivity index (χ3n) is 4.76. The second-order valence-corrected chi connectivity index (χ2v) is 10.5. The molecule has 0 saturated carbocycles. The quantitative estimate of drug-likeness (QED) is 0.572. The second kappa shape index (κ2) is 9.36. The van der Waals surface area contributed by atoms with Gasteiger partial charge in [-0.3, -0.25) is 0 Å². The van der Waals surface area contributed by atoms with Gasteiger partial charge in [0.1, 0.15) is 11.4 Å². The largest absolute Gasteiger partial charge is 0.444 e. The average molecular weight is 475 g/mol. The van der Waals surface area contributed by atoms with Crippen LogP contribution in [-0.2, 0) is 27.9 Å². The van der Waals surface area contributed by atoms with E-state index in [-0.39, 0.29) is 29.3 Å². The van der Waals surface area contributed by atoms with E-state index in [1.165, 1.54) is 60.6 Å². The molecule has 0 spiro atoms. The highest BCUT2D eigenvalue weighted by Crippen LogP contribution is 2.30. The Balaban J connectivity index is 2.08. The van der Waals surface area contributed by atoms with Gasteiger partial charge in [0.05, 0.1) is 23.7 Å². The van der Waals surface area contributed by atoms with E-state index >= 15 is 0 Å². The van der Waals surface area contributed by atoms with Crippen molar-refractivity contribution in [1.29, 1.82) is 0 Å². The van der Waals surface area contributed by atoms with E-state index in [0.717, 1.165) is 3.97 Å². The van der Waals surface area contributed by atoms with Crippen LogP contribution in [0.5, 0.6) is 0 Å². The molecule has 1 N–H and O–H groups in total. The van der Waals surface area contributed by atoms with Crippen LogP contribution in [0, 0.1) is 5.82 Å². The molecule has 1 amide bonds. The number of carbonyl (C=O) groups is 1. The Kier molecular flexibility index (Phi) is 6.94. The number of aliphatic hydroxyl groups excluding tert-OH is 1. The summed E-state index contributed by atoms with van der Waals surface area (Å²) in [5, 5.41) is 9.40. The van der Waals surface area contributed by atoms with Crippen molar-refractivity contribution in [3.05, 3.63) is 77.7 Å². The molecule has 0 saturated heterocycles. The lowest BCUT2D eigenvalue weighted by atomic mass is 10.1. The van der Waals surface area contributed by atoms with Crippen molar-refractivity contribution in [2.45, 2.75) is 44.4 Å². The molecule has 3 rings (SSSR count). The van der Waals surface area contributed by atoms with Gasteiger partial charge in [0.2, 0.25) is 0 Å². The molecule has 0 fully saturated rings. The monoisotopic (exact) mass is 474 g/mol. The fraction of sp³-hybridized carbons (Fsp3) is 0.292. The average Bonchev–Trinajstić information content (AvgIpc) is 3.17. The van der Waals surface area contributed by atoms with E-state index in [2.05, 4.69) is 0 Å². The lowest BCUT2D eigenvalue weighted by molar-refractivity contribution is 0.0285. The van der Waals surface area contributed by atoms with Crippen LogP contribution in [0.1, 0.15) is 31.9 Å². The van der Waals surface area contributed by atoms with Crippen molar-refractivity contribution in [2.75, 3.05) is 7.05 Å². The number of rotatable bonds is 6. The number of ether oxygens (including phenoxy) is 1. The predicted octanol–water partition coefficient (Wildman–Crippen LogP) is 4.39. The highest BCUT2D eigenvalue weighted by Gasteiger charge is 2.25. The van der Waals surface area contributed by atoms with Crippen LogP contribution in [0.3, 0.4) is 0 Å². The van der Waals surface area contributed by atoms with Gasteiger partial charge in [-0.15, -0.1) is 0 Å². The van der Waals surface area contributed by atoms with Gasteiger partial charge in [0, 0.05) is 18.8 Å². The van der Waals surface area contributed by atoms with Gasteiger partial charge in [-0.1, -0.05) is 24.3 Å². The maximum Gasteiger partial charge on any atom is 0.410 e. The number of carbonyl (C=O) groups excluding carboxylic acids is 1. The van der Waals surface area contributed by atoms with Crippen LogP contribution in [0.2, 0.25) is 0 Å². The molecule has 3 aromatic rings. The first-order chi connectivity index (χ1) is 15.4. The van der Waals surface area contributed by atoms with Crippen molar-refractivity contribution < 1.29 is 27.4 Å². The minimum absolute atomic E-state index is 0.0470. The van der Waals surface area contributed by atoms with Gasteiger partial charge < -0.3 is 14.7 Å². The summed E-state index contributed by atoms with van der Waals surface area (Å²) in [5.41, 5.74) is 0.445. The van der Waals surface area contributed by atoms with Gasteiger partial charge in [-0.25, -0.2) is 21.6 Å². The summed E-state index contributed by atoms with van der Waals surface area (Å²) in [5.74, 6) is -0.580. The Morgan fingerprint density at radius 2 is 1.79 bits per heavy atom. The molecule has 0 aliphatic rings. The Morgan fingerprint density at radius 3 is 2.42 bits per heavy atom. The zero-order valence-corrected chi connectivity index (χ0v) is 19.8. The molecule has 176 valence electrons. The van der Waals surface area contributed by atoms with Gasteiger partial charge in [0.25, 0.3) is 10.0 Å². The van der Waals surface area contributed by atoms with Gasteiger partial charge in [-0.2, -0.15) is 0 Å². The van der Waals surface area contributed by atoms with Crippen LogP contribution in [0.4, 0.5) is 9.18 Å². The third-order valence-corrected chi connectivity index (χ3v) is 6.42. The fourth-order valence-electron chi connectivity index (χ4n) is 3.24. The van der Waals surface area contributed by atoms with E-state index < -0.39 is 27.5 Å². The summed E-state index contributed by atoms with van der Waals surface area (Å²) in [7, 11) is -2.59. The number of hydrogen-bond acceptors (Lipinski definition) is 5. The summed E-state index contributed by atoms with van der Waals surface area (Å²) in [6, 6.07) is 13.3. The minimum atomic E-state index is -4.13. The smallest absolute Gasteiger partial charge is 0.410 e. The van der Waals surface area contributed by atoms with Crippen LogP contribution in [0.25, 0.3) is 11.3 Å². The zero-order valence-electron chi connectivity index (χ0n) is 18.9. The molecule has 9 heteroatoms. The number of aliphatic hydroxyl groups is 1. The molecular weight excluding hydrogens is 447 g/mol. The van der Waals surface area contributed by atoms with E-state index in [4.69, 9.17) is 4.74 Å². The molecule has 0 radical (unpaired) electrons. The summed E-state index contributed by atoms with van der Waals surface area (Å²) in [6.07, 6.45) is 0.796. The van der Waals surface area contributed by atoms with Crippen molar-refractivity contribution in [2.24, 2.45) is 0 Å². The molecule has 0 bridgehead atoms. The number of halogens is 1. The highest BCUT2D eigenvalue weighted by atomic mass is 32.2. The van der Waals surface area contributed by atoms with E-state index in [9.17, 15) is 22.7 Å². The summed E-state index contributed by atoms with van der Waals surface area (Å²) < 4.78 is 47.9. The van der Waals surface area contributed by atoms with Crippen molar-refractivity contribution in [1.82, 2.24) is 8.87 Å². The Hall–Kier alpha value is -3.17. The van der Waals surface area contributed by atoms with Gasteiger partial charge in [0.15, 0.2) is 0 Å². The Labute approximate surface area is 193 Å². The first-order valence-electron chi connectivity index (χ1n) is 10.3. The van der Waals surface area contributed by atoms with Crippen LogP contribution in [0.15, 0.2) is 65.7 Å².